The summed E-state index contributed by atoms with van der Waals surface area (Å²) in [6, 6.07) is 14.6. The van der Waals surface area contributed by atoms with Crippen LogP contribution in [0.1, 0.15) is 0 Å². The van der Waals surface area contributed by atoms with Crippen molar-refractivity contribution in [1.29, 1.82) is 0 Å². The van der Waals surface area contributed by atoms with Crippen molar-refractivity contribution < 1.29 is 13.2 Å². The van der Waals surface area contributed by atoms with Crippen LogP contribution >= 0.6 is 23.4 Å². The van der Waals surface area contributed by atoms with E-state index in [-0.39, 0.29) is 11.7 Å². The van der Waals surface area contributed by atoms with Gasteiger partial charge in [-0.3, -0.25) is 4.79 Å². The van der Waals surface area contributed by atoms with Gasteiger partial charge in [-0.2, -0.15) is 8.99 Å². The van der Waals surface area contributed by atoms with Crippen molar-refractivity contribution in [3.63, 3.8) is 0 Å². The fraction of sp³-hybridized carbons (Fsp3) is 0.300. The number of amides is 1. The minimum absolute atomic E-state index is 0.115. The van der Waals surface area contributed by atoms with Crippen molar-refractivity contribution in [3.05, 3.63) is 53.6 Å². The number of rotatable bonds is 7. The molecule has 0 bridgehead atoms. The molecule has 0 radical (unpaired) electrons. The molecular formula is C20H22ClN7O3S2. The molecule has 2 aromatic carbocycles. The molecule has 2 heterocycles. The molecule has 4 rings (SSSR count). The second-order valence-electron chi connectivity index (χ2n) is 7.35. The Kier molecular flexibility index (Phi) is 7.17. The molecule has 10 nitrogen and oxygen atoms in total. The Bertz CT molecular complexity index is 1230. The second-order valence-corrected chi connectivity index (χ2v) is 10.7. The van der Waals surface area contributed by atoms with Crippen molar-refractivity contribution in [3.8, 4) is 5.69 Å². The highest BCUT2D eigenvalue weighted by atomic mass is 35.5. The van der Waals surface area contributed by atoms with Gasteiger partial charge in [0.2, 0.25) is 21.1 Å². The van der Waals surface area contributed by atoms with Crippen LogP contribution in [0.3, 0.4) is 0 Å². The molecule has 1 aliphatic rings. The highest BCUT2D eigenvalue weighted by molar-refractivity contribution is 7.99. The highest BCUT2D eigenvalue weighted by Crippen LogP contribution is 2.27. The highest BCUT2D eigenvalue weighted by Gasteiger charge is 2.25. The van der Waals surface area contributed by atoms with E-state index in [2.05, 4.69) is 25.7 Å². The van der Waals surface area contributed by atoms with Gasteiger partial charge in [0.25, 0.3) is 0 Å². The minimum Gasteiger partial charge on any atom is -0.367 e. The Balaban J connectivity index is 1.39. The van der Waals surface area contributed by atoms with Gasteiger partial charge in [-0.05, 0) is 46.8 Å². The molecule has 33 heavy (non-hydrogen) atoms. The van der Waals surface area contributed by atoms with Gasteiger partial charge >= 0.3 is 0 Å². The van der Waals surface area contributed by atoms with Crippen molar-refractivity contribution in [2.45, 2.75) is 5.16 Å². The molecule has 0 atom stereocenters. The van der Waals surface area contributed by atoms with Crippen molar-refractivity contribution >= 4 is 50.7 Å². The molecular weight excluding hydrogens is 486 g/mol. The third-order valence-corrected chi connectivity index (χ3v) is 7.55. The average Bonchev–Trinajstić information content (AvgIpc) is 3.27. The number of thioether (sulfide) groups is 1. The van der Waals surface area contributed by atoms with E-state index in [0.29, 0.717) is 42.0 Å². The number of tetrazole rings is 1. The lowest BCUT2D eigenvalue weighted by Crippen LogP contribution is -2.48. The van der Waals surface area contributed by atoms with Crippen LogP contribution in [-0.4, -0.2) is 77.0 Å². The Morgan fingerprint density at radius 3 is 2.48 bits per heavy atom. The van der Waals surface area contributed by atoms with Crippen LogP contribution in [0.5, 0.6) is 0 Å². The molecule has 1 fully saturated rings. The summed E-state index contributed by atoms with van der Waals surface area (Å²) < 4.78 is 26.5. The Morgan fingerprint density at radius 1 is 1.09 bits per heavy atom. The molecule has 13 heteroatoms. The maximum absolute atomic E-state index is 12.7. The molecule has 0 spiro atoms. The molecule has 3 aromatic rings. The number of carbonyl (C=O) groups excluding carboxylic acids is 1. The SMILES string of the molecule is CS(=O)(=O)N1CCN(c2ccccc2NC(=O)CSc2nnnn2-c2ccc(Cl)cc2)CC1. The Hall–Kier alpha value is -2.67. The van der Waals surface area contributed by atoms with Crippen LogP contribution in [0.15, 0.2) is 53.7 Å². The predicted octanol–water partition coefficient (Wildman–Crippen LogP) is 2.13. The number of halogens is 1. The van der Waals surface area contributed by atoms with E-state index >= 15 is 0 Å². The van der Waals surface area contributed by atoms with Crippen LogP contribution in [0.4, 0.5) is 11.4 Å². The Labute approximate surface area is 200 Å². The van der Waals surface area contributed by atoms with E-state index in [9.17, 15) is 13.2 Å². The van der Waals surface area contributed by atoms with Gasteiger partial charge in [0, 0.05) is 31.2 Å². The molecule has 174 valence electrons. The lowest BCUT2D eigenvalue weighted by Gasteiger charge is -2.35. The van der Waals surface area contributed by atoms with Gasteiger partial charge in [-0.25, -0.2) is 8.42 Å². The van der Waals surface area contributed by atoms with Gasteiger partial charge in [-0.1, -0.05) is 35.5 Å². The number of aromatic nitrogens is 4. The van der Waals surface area contributed by atoms with E-state index in [4.69, 9.17) is 11.6 Å². The van der Waals surface area contributed by atoms with Gasteiger partial charge in [0.05, 0.1) is 29.1 Å². The summed E-state index contributed by atoms with van der Waals surface area (Å²) in [5.41, 5.74) is 2.27. The molecule has 1 saturated heterocycles. The van der Waals surface area contributed by atoms with E-state index in [1.807, 2.05) is 24.3 Å². The van der Waals surface area contributed by atoms with Crippen LogP contribution in [0, 0.1) is 0 Å². The zero-order chi connectivity index (χ0) is 23.4. The first-order valence-electron chi connectivity index (χ1n) is 10.1. The maximum Gasteiger partial charge on any atom is 0.234 e. The number of hydrogen-bond acceptors (Lipinski definition) is 8. The predicted molar refractivity (Wildman–Crippen MR) is 129 cm³/mol. The summed E-state index contributed by atoms with van der Waals surface area (Å²) in [6.45, 7) is 1.91. The normalized spacial score (nSPS) is 14.9. The van der Waals surface area contributed by atoms with Crippen molar-refractivity contribution in [1.82, 2.24) is 24.5 Å². The second kappa shape index (κ2) is 10.1. The quantitative estimate of drug-likeness (QED) is 0.484. The lowest BCUT2D eigenvalue weighted by molar-refractivity contribution is -0.113. The van der Waals surface area contributed by atoms with Crippen molar-refractivity contribution in [2.75, 3.05) is 48.4 Å². The minimum atomic E-state index is -3.21. The van der Waals surface area contributed by atoms with Crippen LogP contribution in [0.25, 0.3) is 5.69 Å². The average molecular weight is 508 g/mol. The summed E-state index contributed by atoms with van der Waals surface area (Å²) in [4.78, 5) is 14.8. The monoisotopic (exact) mass is 507 g/mol. The summed E-state index contributed by atoms with van der Waals surface area (Å²) in [6.07, 6.45) is 1.22. The third-order valence-electron chi connectivity index (χ3n) is 5.07. The van der Waals surface area contributed by atoms with Crippen molar-refractivity contribution in [2.24, 2.45) is 0 Å². The number of para-hydroxylation sites is 2. The molecule has 1 aliphatic heterocycles. The van der Waals surface area contributed by atoms with E-state index in [1.54, 1.807) is 28.9 Å². The van der Waals surface area contributed by atoms with Gasteiger partial charge in [0.15, 0.2) is 0 Å². The van der Waals surface area contributed by atoms with Crippen LogP contribution in [0.2, 0.25) is 5.02 Å². The van der Waals surface area contributed by atoms with E-state index < -0.39 is 10.0 Å². The van der Waals surface area contributed by atoms with E-state index in [0.717, 1.165) is 11.4 Å². The van der Waals surface area contributed by atoms with E-state index in [1.165, 1.54) is 22.3 Å². The first-order valence-corrected chi connectivity index (χ1v) is 13.3. The van der Waals surface area contributed by atoms with Crippen LogP contribution in [-0.2, 0) is 14.8 Å². The number of hydrogen-bond donors (Lipinski definition) is 1. The third kappa shape index (κ3) is 5.82. The zero-order valence-electron chi connectivity index (χ0n) is 17.8. The van der Waals surface area contributed by atoms with Gasteiger partial charge < -0.3 is 10.2 Å². The number of sulfonamides is 1. The summed E-state index contributed by atoms with van der Waals surface area (Å²) in [5.74, 6) is -0.0858. The molecule has 0 saturated carbocycles. The number of benzene rings is 2. The smallest absolute Gasteiger partial charge is 0.234 e. The molecule has 1 N–H and O–H groups in total. The Morgan fingerprint density at radius 2 is 1.79 bits per heavy atom. The number of nitrogens with zero attached hydrogens (tertiary/aromatic N) is 6. The largest absolute Gasteiger partial charge is 0.367 e. The number of anilines is 2. The molecule has 0 aliphatic carbocycles. The number of carbonyl (C=O) groups is 1. The zero-order valence-corrected chi connectivity index (χ0v) is 20.1. The number of nitrogens with one attached hydrogen (secondary N) is 1. The first-order chi connectivity index (χ1) is 15.8. The number of piperazine rings is 1. The topological polar surface area (TPSA) is 113 Å². The molecule has 1 aromatic heterocycles. The first kappa shape index (κ1) is 23.5. The standard InChI is InChI=1S/C20H22ClN7O3S2/c1-33(30,31)27-12-10-26(11-13-27)18-5-3-2-4-17(18)22-19(29)14-32-20-23-24-25-28(20)16-8-6-15(21)7-9-16/h2-9H,10-14H2,1H3,(H,22,29). The molecule has 1 amide bonds. The summed E-state index contributed by atoms with van der Waals surface area (Å²) >= 11 is 7.16. The maximum atomic E-state index is 12.7. The lowest BCUT2D eigenvalue weighted by atomic mass is 10.2. The fourth-order valence-electron chi connectivity index (χ4n) is 3.45. The summed E-state index contributed by atoms with van der Waals surface area (Å²) in [7, 11) is -3.21. The molecule has 0 unspecified atom stereocenters. The fourth-order valence-corrected chi connectivity index (χ4v) is 5.09. The van der Waals surface area contributed by atoms with Crippen LogP contribution < -0.4 is 10.2 Å². The van der Waals surface area contributed by atoms with Gasteiger partial charge in [0.1, 0.15) is 0 Å². The summed E-state index contributed by atoms with van der Waals surface area (Å²) in [5, 5.41) is 15.7. The van der Waals surface area contributed by atoms with Gasteiger partial charge in [-0.15, -0.1) is 5.10 Å².